The van der Waals surface area contributed by atoms with Gasteiger partial charge in [0, 0.05) is 31.6 Å². The number of hydrogen-bond donors (Lipinski definition) is 1. The van der Waals surface area contributed by atoms with E-state index in [1.165, 1.54) is 0 Å². The molecule has 0 aromatic rings. The Bertz CT molecular complexity index is 248. The van der Waals surface area contributed by atoms with Crippen LogP contribution < -0.4 is 5.32 Å². The molecule has 4 nitrogen and oxygen atoms in total. The molecular weight excluding hydrogens is 228 g/mol. The van der Waals surface area contributed by atoms with Gasteiger partial charge in [0.1, 0.15) is 0 Å². The van der Waals surface area contributed by atoms with Crippen molar-refractivity contribution in [2.24, 2.45) is 11.8 Å². The van der Waals surface area contributed by atoms with Crippen molar-refractivity contribution in [1.29, 1.82) is 0 Å². The maximum absolute atomic E-state index is 11.7. The van der Waals surface area contributed by atoms with E-state index in [2.05, 4.69) is 24.1 Å². The molecule has 1 N–H and O–H groups in total. The van der Waals surface area contributed by atoms with Crippen LogP contribution in [0.3, 0.4) is 0 Å². The minimum absolute atomic E-state index is 0.0642. The maximum atomic E-state index is 11.7. The lowest BCUT2D eigenvalue weighted by molar-refractivity contribution is -0.124. The lowest BCUT2D eigenvalue weighted by Gasteiger charge is -2.35. The van der Waals surface area contributed by atoms with Crippen molar-refractivity contribution in [3.05, 3.63) is 0 Å². The van der Waals surface area contributed by atoms with Crippen LogP contribution in [0.2, 0.25) is 0 Å². The molecule has 4 heteroatoms. The molecule has 18 heavy (non-hydrogen) atoms. The molecule has 0 spiro atoms. The van der Waals surface area contributed by atoms with Gasteiger partial charge in [-0.05, 0) is 12.3 Å². The molecule has 1 fully saturated rings. The largest absolute Gasteiger partial charge is 0.379 e. The van der Waals surface area contributed by atoms with Crippen molar-refractivity contribution >= 4 is 5.91 Å². The van der Waals surface area contributed by atoms with Gasteiger partial charge in [0.15, 0.2) is 0 Å². The Morgan fingerprint density at radius 2 is 1.83 bits per heavy atom. The quantitative estimate of drug-likeness (QED) is 0.783. The lowest BCUT2D eigenvalue weighted by atomic mass is 10.0. The van der Waals surface area contributed by atoms with Crippen molar-refractivity contribution in [3.63, 3.8) is 0 Å². The molecule has 1 saturated heterocycles. The van der Waals surface area contributed by atoms with Gasteiger partial charge < -0.3 is 10.1 Å². The standard InChI is InChI=1S/C14H28N2O2/c1-11(2)9-13(10-15-14(17)12(3)4)16-5-7-18-8-6-16/h11-13H,5-10H2,1-4H3,(H,15,17). The van der Waals surface area contributed by atoms with Crippen molar-refractivity contribution in [2.75, 3.05) is 32.8 Å². The van der Waals surface area contributed by atoms with Crippen molar-refractivity contribution in [2.45, 2.75) is 40.2 Å². The van der Waals surface area contributed by atoms with E-state index in [4.69, 9.17) is 4.74 Å². The summed E-state index contributed by atoms with van der Waals surface area (Å²) >= 11 is 0. The second-order valence-electron chi connectivity index (χ2n) is 5.83. The van der Waals surface area contributed by atoms with E-state index in [9.17, 15) is 4.79 Å². The Labute approximate surface area is 111 Å². The number of carbonyl (C=O) groups is 1. The molecule has 0 aromatic carbocycles. The molecule has 1 amide bonds. The molecule has 0 bridgehead atoms. The number of nitrogens with zero attached hydrogens (tertiary/aromatic N) is 1. The molecule has 1 aliphatic rings. The first-order valence-electron chi connectivity index (χ1n) is 7.10. The predicted molar refractivity (Wildman–Crippen MR) is 73.5 cm³/mol. The van der Waals surface area contributed by atoms with Crippen LogP contribution in [0.15, 0.2) is 0 Å². The zero-order valence-electron chi connectivity index (χ0n) is 12.2. The fourth-order valence-corrected chi connectivity index (χ4v) is 2.27. The fraction of sp³-hybridized carbons (Fsp3) is 0.929. The Morgan fingerprint density at radius 3 is 2.33 bits per heavy atom. The minimum Gasteiger partial charge on any atom is -0.379 e. The zero-order chi connectivity index (χ0) is 13.5. The summed E-state index contributed by atoms with van der Waals surface area (Å²) < 4.78 is 5.39. The molecule has 1 atom stereocenters. The molecule has 0 aliphatic carbocycles. The predicted octanol–water partition coefficient (Wildman–Crippen LogP) is 1.51. The summed E-state index contributed by atoms with van der Waals surface area (Å²) in [5, 5.41) is 3.06. The number of rotatable bonds is 6. The fourth-order valence-electron chi connectivity index (χ4n) is 2.27. The van der Waals surface area contributed by atoms with Gasteiger partial charge in [-0.1, -0.05) is 27.7 Å². The van der Waals surface area contributed by atoms with Crippen molar-refractivity contribution in [3.8, 4) is 0 Å². The topological polar surface area (TPSA) is 41.6 Å². The van der Waals surface area contributed by atoms with E-state index >= 15 is 0 Å². The second-order valence-corrected chi connectivity index (χ2v) is 5.83. The van der Waals surface area contributed by atoms with Crippen LogP contribution in [0, 0.1) is 11.8 Å². The lowest BCUT2D eigenvalue weighted by Crippen LogP contribution is -2.49. The molecule has 0 radical (unpaired) electrons. The smallest absolute Gasteiger partial charge is 0.222 e. The first kappa shape index (κ1) is 15.4. The summed E-state index contributed by atoms with van der Waals surface area (Å²) in [6.45, 7) is 12.7. The average Bonchev–Trinajstić information content (AvgIpc) is 2.34. The highest BCUT2D eigenvalue weighted by Crippen LogP contribution is 2.13. The Hall–Kier alpha value is -0.610. The molecule has 1 rings (SSSR count). The van der Waals surface area contributed by atoms with Crippen molar-refractivity contribution in [1.82, 2.24) is 10.2 Å². The maximum Gasteiger partial charge on any atom is 0.222 e. The first-order valence-corrected chi connectivity index (χ1v) is 7.10. The van der Waals surface area contributed by atoms with Gasteiger partial charge in [-0.25, -0.2) is 0 Å². The number of hydrogen-bond acceptors (Lipinski definition) is 3. The van der Waals surface area contributed by atoms with Crippen LogP contribution in [-0.4, -0.2) is 49.7 Å². The van der Waals surface area contributed by atoms with Crippen molar-refractivity contribution < 1.29 is 9.53 Å². The van der Waals surface area contributed by atoms with Crippen LogP contribution in [-0.2, 0) is 9.53 Å². The molecule has 1 aliphatic heterocycles. The van der Waals surface area contributed by atoms with Gasteiger partial charge in [-0.15, -0.1) is 0 Å². The monoisotopic (exact) mass is 256 g/mol. The molecule has 1 heterocycles. The Balaban J connectivity index is 2.46. The summed E-state index contributed by atoms with van der Waals surface area (Å²) in [5.74, 6) is 0.861. The average molecular weight is 256 g/mol. The van der Waals surface area contributed by atoms with Crippen LogP contribution in [0.5, 0.6) is 0 Å². The molecule has 0 aromatic heterocycles. The van der Waals surface area contributed by atoms with Crippen LogP contribution in [0.25, 0.3) is 0 Å². The number of ether oxygens (including phenoxy) is 1. The summed E-state index contributed by atoms with van der Waals surface area (Å²) in [6.07, 6.45) is 1.12. The van der Waals surface area contributed by atoms with Crippen LogP contribution >= 0.6 is 0 Å². The van der Waals surface area contributed by atoms with Crippen LogP contribution in [0.1, 0.15) is 34.1 Å². The minimum atomic E-state index is 0.0642. The van der Waals surface area contributed by atoms with E-state index in [0.29, 0.717) is 12.0 Å². The third-order valence-corrected chi connectivity index (χ3v) is 3.34. The summed E-state index contributed by atoms with van der Waals surface area (Å²) in [4.78, 5) is 14.1. The molecular formula is C14H28N2O2. The van der Waals surface area contributed by atoms with E-state index in [1.807, 2.05) is 13.8 Å². The van der Waals surface area contributed by atoms with Gasteiger partial charge in [0.25, 0.3) is 0 Å². The zero-order valence-corrected chi connectivity index (χ0v) is 12.2. The number of amides is 1. The van der Waals surface area contributed by atoms with E-state index in [-0.39, 0.29) is 11.8 Å². The number of morpholine rings is 1. The van der Waals surface area contributed by atoms with E-state index in [1.54, 1.807) is 0 Å². The van der Waals surface area contributed by atoms with Gasteiger partial charge >= 0.3 is 0 Å². The summed E-state index contributed by atoms with van der Waals surface area (Å²) in [7, 11) is 0. The Morgan fingerprint density at radius 1 is 1.22 bits per heavy atom. The molecule has 1 unspecified atom stereocenters. The highest BCUT2D eigenvalue weighted by molar-refractivity contribution is 5.77. The number of carbonyl (C=O) groups excluding carboxylic acids is 1. The molecule has 0 saturated carbocycles. The van der Waals surface area contributed by atoms with Gasteiger partial charge in [-0.2, -0.15) is 0 Å². The first-order chi connectivity index (χ1) is 8.50. The second kappa shape index (κ2) is 7.74. The summed E-state index contributed by atoms with van der Waals surface area (Å²) in [6, 6.07) is 0.441. The normalized spacial score (nSPS) is 19.2. The third-order valence-electron chi connectivity index (χ3n) is 3.34. The Kier molecular flexibility index (Phi) is 6.65. The molecule has 106 valence electrons. The van der Waals surface area contributed by atoms with Crippen LogP contribution in [0.4, 0.5) is 0 Å². The highest BCUT2D eigenvalue weighted by Gasteiger charge is 2.22. The SMILES string of the molecule is CC(C)CC(CNC(=O)C(C)C)N1CCOCC1. The van der Waals surface area contributed by atoms with Gasteiger partial charge in [0.05, 0.1) is 13.2 Å². The van der Waals surface area contributed by atoms with Gasteiger partial charge in [0.2, 0.25) is 5.91 Å². The van der Waals surface area contributed by atoms with E-state index < -0.39 is 0 Å². The van der Waals surface area contributed by atoms with Gasteiger partial charge in [-0.3, -0.25) is 9.69 Å². The summed E-state index contributed by atoms with van der Waals surface area (Å²) in [5.41, 5.74) is 0. The number of nitrogens with one attached hydrogen (secondary N) is 1. The third kappa shape index (κ3) is 5.36. The van der Waals surface area contributed by atoms with E-state index in [0.717, 1.165) is 39.3 Å². The highest BCUT2D eigenvalue weighted by atomic mass is 16.5.